The molecular weight excluding hydrogens is 212 g/mol. The third kappa shape index (κ3) is 3.08. The lowest BCUT2D eigenvalue weighted by atomic mass is 10.1. The SMILES string of the molecule is Cc1ccc(COc2ccccc2CO)cc1. The van der Waals surface area contributed by atoms with E-state index in [1.165, 1.54) is 5.56 Å². The summed E-state index contributed by atoms with van der Waals surface area (Å²) in [5, 5.41) is 9.17. The molecule has 0 heterocycles. The van der Waals surface area contributed by atoms with Gasteiger partial charge in [-0.1, -0.05) is 48.0 Å². The standard InChI is InChI=1S/C15H16O2/c1-12-6-8-13(9-7-12)11-17-15-5-3-2-4-14(15)10-16/h2-9,16H,10-11H2,1H3. The molecule has 0 spiro atoms. The summed E-state index contributed by atoms with van der Waals surface area (Å²) in [4.78, 5) is 0. The average molecular weight is 228 g/mol. The zero-order chi connectivity index (χ0) is 12.1. The summed E-state index contributed by atoms with van der Waals surface area (Å²) in [6.45, 7) is 2.59. The second-order valence-corrected chi connectivity index (χ2v) is 4.04. The molecule has 0 atom stereocenters. The smallest absolute Gasteiger partial charge is 0.125 e. The predicted molar refractivity (Wildman–Crippen MR) is 67.9 cm³/mol. The molecule has 0 aliphatic rings. The van der Waals surface area contributed by atoms with Crippen molar-refractivity contribution in [1.82, 2.24) is 0 Å². The van der Waals surface area contributed by atoms with E-state index in [0.717, 1.165) is 16.9 Å². The second-order valence-electron chi connectivity index (χ2n) is 4.04. The Kier molecular flexibility index (Phi) is 3.78. The fraction of sp³-hybridized carbons (Fsp3) is 0.200. The van der Waals surface area contributed by atoms with Crippen LogP contribution in [0, 0.1) is 6.92 Å². The van der Waals surface area contributed by atoms with Crippen LogP contribution in [0.3, 0.4) is 0 Å². The van der Waals surface area contributed by atoms with Gasteiger partial charge in [0.05, 0.1) is 6.61 Å². The summed E-state index contributed by atoms with van der Waals surface area (Å²) in [6, 6.07) is 15.8. The Morgan fingerprint density at radius 1 is 1.00 bits per heavy atom. The van der Waals surface area contributed by atoms with E-state index in [9.17, 15) is 5.11 Å². The minimum Gasteiger partial charge on any atom is -0.489 e. The van der Waals surface area contributed by atoms with Crippen LogP contribution in [-0.2, 0) is 13.2 Å². The monoisotopic (exact) mass is 228 g/mol. The lowest BCUT2D eigenvalue weighted by Gasteiger charge is -2.09. The zero-order valence-corrected chi connectivity index (χ0v) is 9.89. The first-order valence-corrected chi connectivity index (χ1v) is 5.66. The summed E-state index contributed by atoms with van der Waals surface area (Å²) >= 11 is 0. The minimum atomic E-state index is 0.00404. The molecule has 2 nitrogen and oxygen atoms in total. The van der Waals surface area contributed by atoms with Gasteiger partial charge < -0.3 is 9.84 Å². The van der Waals surface area contributed by atoms with Gasteiger partial charge in [0.15, 0.2) is 0 Å². The number of hydrogen-bond acceptors (Lipinski definition) is 2. The number of para-hydroxylation sites is 1. The van der Waals surface area contributed by atoms with Gasteiger partial charge in [0.25, 0.3) is 0 Å². The average Bonchev–Trinajstić information content (AvgIpc) is 2.38. The number of aliphatic hydroxyl groups is 1. The van der Waals surface area contributed by atoms with Crippen molar-refractivity contribution in [2.75, 3.05) is 0 Å². The Hall–Kier alpha value is -1.80. The van der Waals surface area contributed by atoms with Crippen LogP contribution >= 0.6 is 0 Å². The lowest BCUT2D eigenvalue weighted by molar-refractivity contribution is 0.259. The van der Waals surface area contributed by atoms with Gasteiger partial charge >= 0.3 is 0 Å². The Morgan fingerprint density at radius 2 is 1.71 bits per heavy atom. The Morgan fingerprint density at radius 3 is 2.41 bits per heavy atom. The molecule has 0 aliphatic heterocycles. The van der Waals surface area contributed by atoms with E-state index in [1.807, 2.05) is 24.3 Å². The molecule has 0 bridgehead atoms. The molecule has 0 saturated heterocycles. The van der Waals surface area contributed by atoms with Crippen molar-refractivity contribution in [1.29, 1.82) is 0 Å². The molecule has 17 heavy (non-hydrogen) atoms. The van der Waals surface area contributed by atoms with E-state index >= 15 is 0 Å². The van der Waals surface area contributed by atoms with Crippen molar-refractivity contribution < 1.29 is 9.84 Å². The van der Waals surface area contributed by atoms with Crippen molar-refractivity contribution in [2.24, 2.45) is 0 Å². The first-order chi connectivity index (χ1) is 8.29. The Labute approximate surface area is 101 Å². The number of hydrogen-bond donors (Lipinski definition) is 1. The number of ether oxygens (including phenoxy) is 1. The quantitative estimate of drug-likeness (QED) is 0.871. The van der Waals surface area contributed by atoms with Crippen LogP contribution in [0.2, 0.25) is 0 Å². The first-order valence-electron chi connectivity index (χ1n) is 5.66. The predicted octanol–water partition coefficient (Wildman–Crippen LogP) is 3.07. The fourth-order valence-electron chi connectivity index (χ4n) is 1.62. The van der Waals surface area contributed by atoms with Gasteiger partial charge in [0, 0.05) is 5.56 Å². The van der Waals surface area contributed by atoms with Crippen molar-refractivity contribution in [3.63, 3.8) is 0 Å². The molecule has 0 radical (unpaired) electrons. The molecule has 1 N–H and O–H groups in total. The van der Waals surface area contributed by atoms with Crippen molar-refractivity contribution in [3.05, 3.63) is 65.2 Å². The van der Waals surface area contributed by atoms with Crippen LogP contribution in [-0.4, -0.2) is 5.11 Å². The molecular formula is C15H16O2. The topological polar surface area (TPSA) is 29.5 Å². The molecule has 2 rings (SSSR count). The van der Waals surface area contributed by atoms with E-state index in [0.29, 0.717) is 6.61 Å². The highest BCUT2D eigenvalue weighted by molar-refractivity contribution is 5.33. The number of rotatable bonds is 4. The van der Waals surface area contributed by atoms with Gasteiger partial charge in [-0.25, -0.2) is 0 Å². The molecule has 0 saturated carbocycles. The van der Waals surface area contributed by atoms with Crippen LogP contribution in [0.25, 0.3) is 0 Å². The molecule has 88 valence electrons. The Bertz CT molecular complexity index is 475. The minimum absolute atomic E-state index is 0.00404. The van der Waals surface area contributed by atoms with Crippen LogP contribution in [0.4, 0.5) is 0 Å². The van der Waals surface area contributed by atoms with E-state index < -0.39 is 0 Å². The molecule has 2 aromatic rings. The molecule has 0 aromatic heterocycles. The highest BCUT2D eigenvalue weighted by atomic mass is 16.5. The van der Waals surface area contributed by atoms with E-state index in [-0.39, 0.29) is 6.61 Å². The Balaban J connectivity index is 2.04. The van der Waals surface area contributed by atoms with Crippen LogP contribution in [0.5, 0.6) is 5.75 Å². The van der Waals surface area contributed by atoms with Crippen molar-refractivity contribution >= 4 is 0 Å². The third-order valence-corrected chi connectivity index (χ3v) is 2.66. The molecule has 0 amide bonds. The van der Waals surface area contributed by atoms with Crippen molar-refractivity contribution in [3.8, 4) is 5.75 Å². The highest BCUT2D eigenvalue weighted by Gasteiger charge is 2.01. The summed E-state index contributed by atoms with van der Waals surface area (Å²) in [5.74, 6) is 0.746. The maximum atomic E-state index is 9.17. The normalized spacial score (nSPS) is 10.2. The summed E-state index contributed by atoms with van der Waals surface area (Å²) in [5.41, 5.74) is 3.19. The number of aliphatic hydroxyl groups excluding tert-OH is 1. The van der Waals surface area contributed by atoms with E-state index in [1.54, 1.807) is 0 Å². The van der Waals surface area contributed by atoms with Gasteiger partial charge in [-0.15, -0.1) is 0 Å². The van der Waals surface area contributed by atoms with Gasteiger partial charge in [-0.3, -0.25) is 0 Å². The van der Waals surface area contributed by atoms with E-state index in [4.69, 9.17) is 4.74 Å². The largest absolute Gasteiger partial charge is 0.489 e. The lowest BCUT2D eigenvalue weighted by Crippen LogP contribution is -1.98. The summed E-state index contributed by atoms with van der Waals surface area (Å²) in [6.07, 6.45) is 0. The van der Waals surface area contributed by atoms with Crippen molar-refractivity contribution in [2.45, 2.75) is 20.1 Å². The third-order valence-electron chi connectivity index (χ3n) is 2.66. The van der Waals surface area contributed by atoms with Crippen LogP contribution < -0.4 is 4.74 Å². The maximum Gasteiger partial charge on any atom is 0.125 e. The van der Waals surface area contributed by atoms with Crippen LogP contribution in [0.1, 0.15) is 16.7 Å². The molecule has 2 heteroatoms. The van der Waals surface area contributed by atoms with Gasteiger partial charge in [0.2, 0.25) is 0 Å². The van der Waals surface area contributed by atoms with Gasteiger partial charge in [-0.2, -0.15) is 0 Å². The van der Waals surface area contributed by atoms with Gasteiger partial charge in [0.1, 0.15) is 12.4 Å². The molecule has 0 unspecified atom stereocenters. The zero-order valence-electron chi connectivity index (χ0n) is 9.89. The summed E-state index contributed by atoms with van der Waals surface area (Å²) in [7, 11) is 0. The molecule has 0 fully saturated rings. The van der Waals surface area contributed by atoms with Crippen LogP contribution in [0.15, 0.2) is 48.5 Å². The molecule has 2 aromatic carbocycles. The number of benzene rings is 2. The molecule has 0 aliphatic carbocycles. The highest BCUT2D eigenvalue weighted by Crippen LogP contribution is 2.19. The van der Waals surface area contributed by atoms with E-state index in [2.05, 4.69) is 31.2 Å². The maximum absolute atomic E-state index is 9.17. The first kappa shape index (κ1) is 11.7. The van der Waals surface area contributed by atoms with Gasteiger partial charge in [-0.05, 0) is 18.6 Å². The number of aryl methyl sites for hydroxylation is 1. The fourth-order valence-corrected chi connectivity index (χ4v) is 1.62. The second kappa shape index (κ2) is 5.51. The summed E-state index contributed by atoms with van der Waals surface area (Å²) < 4.78 is 5.69.